The molecule has 28 heavy (non-hydrogen) atoms. The first-order valence-corrected chi connectivity index (χ1v) is 10.7. The molecule has 2 heterocycles. The first kappa shape index (κ1) is 18.4. The molecule has 2 aliphatic rings. The summed E-state index contributed by atoms with van der Waals surface area (Å²) in [5.74, 6) is 0.343. The minimum Gasteiger partial charge on any atom is -0.339 e. The van der Waals surface area contributed by atoms with Crippen LogP contribution in [-0.4, -0.2) is 44.7 Å². The van der Waals surface area contributed by atoms with Gasteiger partial charge in [0.2, 0.25) is 5.91 Å². The average Bonchev–Trinajstić information content (AvgIpc) is 2.99. The Kier molecular flexibility index (Phi) is 5.00. The molecule has 0 spiro atoms. The Hall–Kier alpha value is -2.93. The smallest absolute Gasteiger partial charge is 0.263 e. The minimum atomic E-state index is -3.54. The van der Waals surface area contributed by atoms with Crippen LogP contribution in [0.4, 0.5) is 0 Å². The molecule has 0 radical (unpaired) electrons. The van der Waals surface area contributed by atoms with Crippen molar-refractivity contribution in [1.82, 2.24) is 9.62 Å². The fourth-order valence-electron chi connectivity index (χ4n) is 3.48. The van der Waals surface area contributed by atoms with Gasteiger partial charge in [-0.3, -0.25) is 14.5 Å². The number of sulfonamides is 1. The first-order valence-electron chi connectivity index (χ1n) is 9.23. The predicted molar refractivity (Wildman–Crippen MR) is 108 cm³/mol. The summed E-state index contributed by atoms with van der Waals surface area (Å²) in [4.78, 5) is 18.8. The summed E-state index contributed by atoms with van der Waals surface area (Å²) in [5.41, 5.74) is 3.03. The zero-order valence-corrected chi connectivity index (χ0v) is 16.2. The highest BCUT2D eigenvalue weighted by Gasteiger charge is 2.30. The van der Waals surface area contributed by atoms with Gasteiger partial charge in [0.25, 0.3) is 10.0 Å². The molecular formula is C21H21N3O3S. The molecule has 1 amide bonds. The van der Waals surface area contributed by atoms with Gasteiger partial charge in [-0.15, -0.1) is 0 Å². The van der Waals surface area contributed by atoms with Crippen LogP contribution in [0.2, 0.25) is 0 Å². The van der Waals surface area contributed by atoms with Gasteiger partial charge in [0.05, 0.1) is 11.4 Å². The van der Waals surface area contributed by atoms with Crippen LogP contribution in [0.25, 0.3) is 5.57 Å². The number of carbonyl (C=O) groups is 1. The molecule has 2 aliphatic heterocycles. The van der Waals surface area contributed by atoms with Crippen LogP contribution in [-0.2, 0) is 14.8 Å². The van der Waals surface area contributed by atoms with E-state index in [0.717, 1.165) is 6.42 Å². The van der Waals surface area contributed by atoms with Gasteiger partial charge in [0, 0.05) is 25.1 Å². The maximum atomic E-state index is 12.5. The van der Waals surface area contributed by atoms with Gasteiger partial charge in [-0.05, 0) is 29.7 Å². The number of aliphatic imine (C=N–C) groups is 1. The molecule has 0 aliphatic carbocycles. The lowest BCUT2D eigenvalue weighted by molar-refractivity contribution is -0.130. The van der Waals surface area contributed by atoms with Gasteiger partial charge in [0.1, 0.15) is 5.84 Å². The number of benzene rings is 2. The monoisotopic (exact) mass is 395 g/mol. The quantitative estimate of drug-likeness (QED) is 0.864. The molecule has 0 aromatic heterocycles. The number of carbonyl (C=O) groups excluding carboxylic acids is 1. The molecule has 144 valence electrons. The van der Waals surface area contributed by atoms with Crippen molar-refractivity contribution in [2.24, 2.45) is 4.99 Å². The highest BCUT2D eigenvalue weighted by Crippen LogP contribution is 2.23. The van der Waals surface area contributed by atoms with E-state index in [0.29, 0.717) is 24.5 Å². The Morgan fingerprint density at radius 1 is 1.07 bits per heavy atom. The molecule has 0 unspecified atom stereocenters. The standard InChI is InChI=1S/C21H21N3O3S/c25-20(24-14-11-17(12-15-24)16-6-2-1-3-7-16)10-13-22-21-18-8-4-5-9-19(18)28(26,27)23-21/h1-9,11H,10,12-15H2,(H,22,23). The van der Waals surface area contributed by atoms with E-state index in [2.05, 4.69) is 27.9 Å². The lowest BCUT2D eigenvalue weighted by Crippen LogP contribution is -2.35. The van der Waals surface area contributed by atoms with Crippen molar-refractivity contribution in [3.8, 4) is 0 Å². The maximum absolute atomic E-state index is 12.5. The number of fused-ring (bicyclic) bond motifs is 1. The van der Waals surface area contributed by atoms with Crippen LogP contribution in [0.1, 0.15) is 24.0 Å². The number of nitrogens with one attached hydrogen (secondary N) is 1. The third kappa shape index (κ3) is 3.71. The molecule has 2 aromatic rings. The number of hydrogen-bond acceptors (Lipinski definition) is 4. The molecule has 0 bridgehead atoms. The minimum absolute atomic E-state index is 0.0295. The highest BCUT2D eigenvalue weighted by atomic mass is 32.2. The molecule has 6 nitrogen and oxygen atoms in total. The Morgan fingerprint density at radius 3 is 2.57 bits per heavy atom. The summed E-state index contributed by atoms with van der Waals surface area (Å²) in [5, 5.41) is 0. The zero-order chi connectivity index (χ0) is 19.6. The van der Waals surface area contributed by atoms with Crippen LogP contribution in [0.5, 0.6) is 0 Å². The Morgan fingerprint density at radius 2 is 1.82 bits per heavy atom. The number of nitrogens with zero attached hydrogens (tertiary/aromatic N) is 2. The van der Waals surface area contributed by atoms with E-state index in [9.17, 15) is 13.2 Å². The first-order chi connectivity index (χ1) is 13.5. The summed E-state index contributed by atoms with van der Waals surface area (Å²) in [6.45, 7) is 1.53. The zero-order valence-electron chi connectivity index (χ0n) is 15.3. The van der Waals surface area contributed by atoms with Crippen LogP contribution >= 0.6 is 0 Å². The average molecular weight is 395 g/mol. The second kappa shape index (κ2) is 7.59. The maximum Gasteiger partial charge on any atom is 0.263 e. The van der Waals surface area contributed by atoms with E-state index in [1.54, 1.807) is 24.3 Å². The van der Waals surface area contributed by atoms with Crippen molar-refractivity contribution < 1.29 is 13.2 Å². The van der Waals surface area contributed by atoms with Crippen molar-refractivity contribution in [2.45, 2.75) is 17.7 Å². The van der Waals surface area contributed by atoms with Gasteiger partial charge in [0.15, 0.2) is 0 Å². The van der Waals surface area contributed by atoms with Crippen LogP contribution < -0.4 is 4.72 Å². The van der Waals surface area contributed by atoms with E-state index in [1.165, 1.54) is 11.1 Å². The summed E-state index contributed by atoms with van der Waals surface area (Å²) >= 11 is 0. The lowest BCUT2D eigenvalue weighted by Gasteiger charge is -2.26. The molecule has 1 N–H and O–H groups in total. The van der Waals surface area contributed by atoms with E-state index in [4.69, 9.17) is 0 Å². The van der Waals surface area contributed by atoms with E-state index in [1.807, 2.05) is 23.1 Å². The Balaban J connectivity index is 1.36. The van der Waals surface area contributed by atoms with E-state index >= 15 is 0 Å². The van der Waals surface area contributed by atoms with Crippen molar-refractivity contribution in [1.29, 1.82) is 0 Å². The van der Waals surface area contributed by atoms with E-state index in [-0.39, 0.29) is 23.8 Å². The molecule has 0 saturated heterocycles. The summed E-state index contributed by atoms with van der Waals surface area (Å²) in [6.07, 6.45) is 3.18. The number of amides is 1. The van der Waals surface area contributed by atoms with Gasteiger partial charge in [-0.25, -0.2) is 8.42 Å². The molecule has 0 saturated carbocycles. The summed E-state index contributed by atoms with van der Waals surface area (Å²) < 4.78 is 26.6. The van der Waals surface area contributed by atoms with Crippen molar-refractivity contribution in [2.75, 3.05) is 19.6 Å². The topological polar surface area (TPSA) is 78.8 Å². The second-order valence-electron chi connectivity index (χ2n) is 6.77. The third-order valence-corrected chi connectivity index (χ3v) is 6.36. The number of hydrogen-bond donors (Lipinski definition) is 1. The van der Waals surface area contributed by atoms with Crippen molar-refractivity contribution in [3.63, 3.8) is 0 Å². The van der Waals surface area contributed by atoms with Crippen molar-refractivity contribution in [3.05, 3.63) is 71.8 Å². The largest absolute Gasteiger partial charge is 0.339 e. The third-order valence-electron chi connectivity index (χ3n) is 4.96. The van der Waals surface area contributed by atoms with E-state index < -0.39 is 10.0 Å². The fourth-order valence-corrected chi connectivity index (χ4v) is 4.73. The van der Waals surface area contributed by atoms with Crippen LogP contribution in [0.15, 0.2) is 70.6 Å². The summed E-state index contributed by atoms with van der Waals surface area (Å²) in [6, 6.07) is 16.9. The number of amidine groups is 1. The van der Waals surface area contributed by atoms with Gasteiger partial charge in [-0.2, -0.15) is 0 Å². The second-order valence-corrected chi connectivity index (χ2v) is 8.42. The molecule has 0 atom stereocenters. The van der Waals surface area contributed by atoms with Crippen molar-refractivity contribution >= 4 is 27.3 Å². The Bertz CT molecular complexity index is 1060. The van der Waals surface area contributed by atoms with Gasteiger partial charge in [-0.1, -0.05) is 48.5 Å². The SMILES string of the molecule is O=C(CCN=C1NS(=O)(=O)c2ccccc21)N1CC=C(c2ccccc2)CC1. The highest BCUT2D eigenvalue weighted by molar-refractivity contribution is 7.90. The number of rotatable bonds is 4. The molecule has 4 rings (SSSR count). The van der Waals surface area contributed by atoms with Crippen LogP contribution in [0.3, 0.4) is 0 Å². The predicted octanol–water partition coefficient (Wildman–Crippen LogP) is 2.43. The molecule has 7 heteroatoms. The normalized spacial score (nSPS) is 19.1. The lowest BCUT2D eigenvalue weighted by atomic mass is 9.99. The summed E-state index contributed by atoms with van der Waals surface area (Å²) in [7, 11) is -3.54. The molecular weight excluding hydrogens is 374 g/mol. The van der Waals surface area contributed by atoms with Crippen LogP contribution in [0, 0.1) is 0 Å². The fraction of sp³-hybridized carbons (Fsp3) is 0.238. The Labute approximate surface area is 164 Å². The van der Waals surface area contributed by atoms with Gasteiger partial charge >= 0.3 is 0 Å². The van der Waals surface area contributed by atoms with Gasteiger partial charge < -0.3 is 4.90 Å². The molecule has 2 aromatic carbocycles. The molecule has 0 fully saturated rings.